The molecule has 4 heteroatoms. The SMILES string of the molecule is C[n+]1[c-]c(-c2[c-]ccc3c2oc2cc4ccccc4cc23)ccc1.Cc1ccc(-c2[c-]cccc2)nc1.[Ir+3]. The number of nitrogens with zero attached hydrogens (tertiary/aromatic N) is 2. The zero-order valence-corrected chi connectivity index (χ0v) is 23.4. The van der Waals surface area contributed by atoms with Crippen molar-refractivity contribution in [2.75, 3.05) is 0 Å². The molecule has 7 rings (SSSR count). The summed E-state index contributed by atoms with van der Waals surface area (Å²) in [6.45, 7) is 2.03. The van der Waals surface area contributed by atoms with Gasteiger partial charge in [0.1, 0.15) is 18.8 Å². The number of aromatic nitrogens is 2. The molecule has 0 bridgehead atoms. The molecule has 0 aliphatic rings. The Kier molecular flexibility index (Phi) is 7.46. The third kappa shape index (κ3) is 5.15. The number of pyridine rings is 2. The van der Waals surface area contributed by atoms with Gasteiger partial charge in [-0.05, 0) is 41.1 Å². The number of aryl methyl sites for hydroxylation is 2. The van der Waals surface area contributed by atoms with Crippen molar-refractivity contribution in [2.45, 2.75) is 6.92 Å². The molecule has 4 aromatic carbocycles. The predicted molar refractivity (Wildman–Crippen MR) is 149 cm³/mol. The number of rotatable bonds is 2. The Balaban J connectivity index is 0.000000179. The molecule has 0 aliphatic carbocycles. The van der Waals surface area contributed by atoms with Crippen molar-refractivity contribution in [2.24, 2.45) is 7.05 Å². The van der Waals surface area contributed by atoms with Crippen LogP contribution in [0.3, 0.4) is 0 Å². The van der Waals surface area contributed by atoms with E-state index in [4.69, 9.17) is 4.42 Å². The topological polar surface area (TPSA) is 29.9 Å². The van der Waals surface area contributed by atoms with Gasteiger partial charge in [-0.3, -0.25) is 4.57 Å². The zero-order valence-electron chi connectivity index (χ0n) is 21.0. The third-order valence-corrected chi connectivity index (χ3v) is 6.33. The molecular formula is C34H24IrN2O+. The van der Waals surface area contributed by atoms with E-state index in [-0.39, 0.29) is 20.1 Å². The van der Waals surface area contributed by atoms with Gasteiger partial charge < -0.3 is 9.40 Å². The van der Waals surface area contributed by atoms with Gasteiger partial charge >= 0.3 is 20.1 Å². The number of furan rings is 1. The van der Waals surface area contributed by atoms with Crippen LogP contribution in [0.5, 0.6) is 0 Å². The maximum absolute atomic E-state index is 6.23. The second-order valence-corrected chi connectivity index (χ2v) is 9.03. The molecule has 0 fully saturated rings. The van der Waals surface area contributed by atoms with Gasteiger partial charge in [0, 0.05) is 17.2 Å². The summed E-state index contributed by atoms with van der Waals surface area (Å²) in [6.07, 6.45) is 7.16. The Morgan fingerprint density at radius 2 is 1.55 bits per heavy atom. The first-order chi connectivity index (χ1) is 18.2. The minimum Gasteiger partial charge on any atom is -0.510 e. The largest absolute Gasteiger partial charge is 3.00 e. The summed E-state index contributed by atoms with van der Waals surface area (Å²) in [5.41, 5.74) is 6.90. The molecule has 0 saturated heterocycles. The van der Waals surface area contributed by atoms with Gasteiger partial charge in [0.25, 0.3) is 0 Å². The summed E-state index contributed by atoms with van der Waals surface area (Å²) in [7, 11) is 1.97. The van der Waals surface area contributed by atoms with Crippen LogP contribution in [0.15, 0.2) is 114 Å². The Morgan fingerprint density at radius 1 is 0.763 bits per heavy atom. The van der Waals surface area contributed by atoms with E-state index in [0.29, 0.717) is 0 Å². The molecular weight excluding hydrogens is 645 g/mol. The molecule has 0 saturated carbocycles. The Labute approximate surface area is 235 Å². The molecule has 0 N–H and O–H groups in total. The van der Waals surface area contributed by atoms with Gasteiger partial charge in [-0.25, -0.2) is 0 Å². The summed E-state index contributed by atoms with van der Waals surface area (Å²) < 4.78 is 8.14. The third-order valence-electron chi connectivity index (χ3n) is 6.33. The van der Waals surface area contributed by atoms with Gasteiger partial charge in [-0.1, -0.05) is 47.9 Å². The van der Waals surface area contributed by atoms with Crippen molar-refractivity contribution in [1.29, 1.82) is 0 Å². The summed E-state index contributed by atoms with van der Waals surface area (Å²) in [5, 5.41) is 4.66. The molecule has 0 aliphatic heterocycles. The van der Waals surface area contributed by atoms with Crippen LogP contribution in [0.2, 0.25) is 0 Å². The van der Waals surface area contributed by atoms with E-state index in [2.05, 4.69) is 71.8 Å². The maximum Gasteiger partial charge on any atom is 3.00 e. The molecule has 3 heterocycles. The molecule has 0 amide bonds. The first kappa shape index (κ1) is 25.5. The minimum absolute atomic E-state index is 0. The molecule has 0 spiro atoms. The van der Waals surface area contributed by atoms with Crippen LogP contribution in [-0.2, 0) is 27.2 Å². The van der Waals surface area contributed by atoms with Gasteiger partial charge in [-0.15, -0.1) is 42.0 Å². The first-order valence-corrected chi connectivity index (χ1v) is 12.2. The number of hydrogen-bond donors (Lipinski definition) is 0. The van der Waals surface area contributed by atoms with Gasteiger partial charge in [-0.2, -0.15) is 29.3 Å². The Bertz CT molecular complexity index is 1840. The fourth-order valence-corrected chi connectivity index (χ4v) is 4.48. The van der Waals surface area contributed by atoms with Gasteiger partial charge in [0.05, 0.1) is 6.20 Å². The molecule has 0 unspecified atom stereocenters. The summed E-state index contributed by atoms with van der Waals surface area (Å²) >= 11 is 0. The molecule has 3 aromatic heterocycles. The molecule has 38 heavy (non-hydrogen) atoms. The zero-order chi connectivity index (χ0) is 25.2. The second-order valence-electron chi connectivity index (χ2n) is 9.03. The van der Waals surface area contributed by atoms with Crippen LogP contribution in [0.25, 0.3) is 55.1 Å². The van der Waals surface area contributed by atoms with E-state index in [1.54, 1.807) is 0 Å². The number of benzene rings is 4. The summed E-state index contributed by atoms with van der Waals surface area (Å²) in [5.74, 6) is 0. The predicted octanol–water partition coefficient (Wildman–Crippen LogP) is 7.69. The van der Waals surface area contributed by atoms with Crippen LogP contribution in [0.1, 0.15) is 5.56 Å². The molecule has 7 aromatic rings. The maximum atomic E-state index is 6.23. The van der Waals surface area contributed by atoms with Crippen LogP contribution in [-0.4, -0.2) is 4.98 Å². The monoisotopic (exact) mass is 669 g/mol. The number of fused-ring (bicyclic) bond motifs is 4. The normalized spacial score (nSPS) is 10.7. The first-order valence-electron chi connectivity index (χ1n) is 12.2. The quantitative estimate of drug-likeness (QED) is 0.140. The van der Waals surface area contributed by atoms with E-state index < -0.39 is 0 Å². The summed E-state index contributed by atoms with van der Waals surface area (Å²) in [6, 6.07) is 39.2. The van der Waals surface area contributed by atoms with E-state index in [1.807, 2.05) is 79.5 Å². The van der Waals surface area contributed by atoms with Crippen LogP contribution in [0, 0.1) is 25.3 Å². The van der Waals surface area contributed by atoms with Crippen LogP contribution in [0.4, 0.5) is 0 Å². The smallest absolute Gasteiger partial charge is 0.510 e. The fourth-order valence-electron chi connectivity index (χ4n) is 4.48. The minimum atomic E-state index is 0. The second kappa shape index (κ2) is 11.1. The summed E-state index contributed by atoms with van der Waals surface area (Å²) in [4.78, 5) is 4.32. The number of hydrogen-bond acceptors (Lipinski definition) is 2. The van der Waals surface area contributed by atoms with E-state index in [9.17, 15) is 0 Å². The van der Waals surface area contributed by atoms with Crippen LogP contribution >= 0.6 is 0 Å². The van der Waals surface area contributed by atoms with E-state index in [1.165, 1.54) is 16.3 Å². The van der Waals surface area contributed by atoms with Crippen molar-refractivity contribution in [1.82, 2.24) is 4.98 Å². The average Bonchev–Trinajstić information content (AvgIpc) is 3.30. The van der Waals surface area contributed by atoms with Crippen LogP contribution < -0.4 is 4.57 Å². The van der Waals surface area contributed by atoms with Crippen molar-refractivity contribution >= 4 is 32.7 Å². The Morgan fingerprint density at radius 3 is 2.29 bits per heavy atom. The van der Waals surface area contributed by atoms with Crippen molar-refractivity contribution in [3.8, 4) is 22.4 Å². The van der Waals surface area contributed by atoms with Crippen molar-refractivity contribution < 1.29 is 29.1 Å². The van der Waals surface area contributed by atoms with Crippen molar-refractivity contribution in [3.05, 3.63) is 133 Å². The Hall–Kier alpha value is -4.11. The molecule has 184 valence electrons. The molecule has 0 atom stereocenters. The van der Waals surface area contributed by atoms with E-state index in [0.717, 1.165) is 44.3 Å². The standard InChI is InChI=1S/C22H14NO.C12H10N.Ir/c1-23-11-5-8-17(14-23)18-9-4-10-19-20-12-15-6-2-3-7-16(15)13-21(20)24-22(18)19;1-10-7-8-12(13-9-10)11-5-3-2-4-6-11;/h2-8,10-13H,1H3;2-5,7-9H,1H3;/q2*-1;+3. The van der Waals surface area contributed by atoms with Gasteiger partial charge in [0.2, 0.25) is 0 Å². The van der Waals surface area contributed by atoms with Crippen molar-refractivity contribution in [3.63, 3.8) is 0 Å². The molecule has 3 nitrogen and oxygen atoms in total. The fraction of sp³-hybridized carbons (Fsp3) is 0.0588. The van der Waals surface area contributed by atoms with Gasteiger partial charge in [0.15, 0.2) is 0 Å². The average molecular weight is 669 g/mol. The molecule has 0 radical (unpaired) electrons. The van der Waals surface area contributed by atoms with E-state index >= 15 is 0 Å².